The molecule has 126 valence electrons. The standard InChI is InChI=1S/C16H16F2N4O2/c1-11(23)21-4-6-22(7-5-21)15-9-16(20-10-19-15)24-12-2-3-13(17)14(18)8-12/h2-3,8-10H,4-7H2,1H3. The fourth-order valence-corrected chi connectivity index (χ4v) is 2.47. The number of nitrogens with zero attached hydrogens (tertiary/aromatic N) is 4. The van der Waals surface area contributed by atoms with Gasteiger partial charge in [-0.15, -0.1) is 0 Å². The zero-order valence-electron chi connectivity index (χ0n) is 13.1. The van der Waals surface area contributed by atoms with Crippen LogP contribution in [0.1, 0.15) is 6.92 Å². The van der Waals surface area contributed by atoms with Crippen molar-refractivity contribution < 1.29 is 18.3 Å². The molecule has 24 heavy (non-hydrogen) atoms. The molecule has 1 aromatic carbocycles. The predicted molar refractivity (Wildman–Crippen MR) is 82.9 cm³/mol. The van der Waals surface area contributed by atoms with Gasteiger partial charge in [0, 0.05) is 45.2 Å². The van der Waals surface area contributed by atoms with Gasteiger partial charge in [-0.05, 0) is 12.1 Å². The number of carbonyl (C=O) groups excluding carboxylic acids is 1. The molecule has 0 unspecified atom stereocenters. The first-order chi connectivity index (χ1) is 11.5. The molecule has 0 bridgehead atoms. The molecule has 0 N–H and O–H groups in total. The van der Waals surface area contributed by atoms with E-state index in [-0.39, 0.29) is 17.5 Å². The molecule has 8 heteroatoms. The molecule has 1 amide bonds. The van der Waals surface area contributed by atoms with Gasteiger partial charge in [0.25, 0.3) is 0 Å². The van der Waals surface area contributed by atoms with Crippen LogP contribution in [0.2, 0.25) is 0 Å². The summed E-state index contributed by atoms with van der Waals surface area (Å²) in [6, 6.07) is 4.91. The molecular formula is C16H16F2N4O2. The highest BCUT2D eigenvalue weighted by Gasteiger charge is 2.20. The summed E-state index contributed by atoms with van der Waals surface area (Å²) < 4.78 is 31.6. The van der Waals surface area contributed by atoms with Gasteiger partial charge in [0.2, 0.25) is 11.8 Å². The molecular weight excluding hydrogens is 318 g/mol. The lowest BCUT2D eigenvalue weighted by molar-refractivity contribution is -0.129. The molecule has 0 atom stereocenters. The summed E-state index contributed by atoms with van der Waals surface area (Å²) in [7, 11) is 0. The number of benzene rings is 1. The number of hydrogen-bond acceptors (Lipinski definition) is 5. The van der Waals surface area contributed by atoms with Crippen molar-refractivity contribution in [3.8, 4) is 11.6 Å². The van der Waals surface area contributed by atoms with Gasteiger partial charge in [-0.25, -0.2) is 18.7 Å². The van der Waals surface area contributed by atoms with Crippen molar-refractivity contribution in [1.82, 2.24) is 14.9 Å². The molecule has 1 aromatic heterocycles. The molecule has 1 aliphatic rings. The smallest absolute Gasteiger partial charge is 0.224 e. The first-order valence-electron chi connectivity index (χ1n) is 7.48. The van der Waals surface area contributed by atoms with E-state index >= 15 is 0 Å². The van der Waals surface area contributed by atoms with E-state index in [1.807, 2.05) is 4.90 Å². The zero-order chi connectivity index (χ0) is 17.1. The molecule has 2 aromatic rings. The Hall–Kier alpha value is -2.77. The Morgan fingerprint density at radius 1 is 1.08 bits per heavy atom. The van der Waals surface area contributed by atoms with Gasteiger partial charge in [-0.1, -0.05) is 0 Å². The number of anilines is 1. The number of ether oxygens (including phenoxy) is 1. The third-order valence-electron chi connectivity index (χ3n) is 3.79. The van der Waals surface area contributed by atoms with Gasteiger partial charge in [-0.3, -0.25) is 4.79 Å². The van der Waals surface area contributed by atoms with Crippen molar-refractivity contribution >= 4 is 11.7 Å². The SMILES string of the molecule is CC(=O)N1CCN(c2cc(Oc3ccc(F)c(F)c3)ncn2)CC1. The van der Waals surface area contributed by atoms with Gasteiger partial charge in [-0.2, -0.15) is 0 Å². The lowest BCUT2D eigenvalue weighted by Gasteiger charge is -2.34. The number of amides is 1. The Kier molecular flexibility index (Phi) is 4.54. The van der Waals surface area contributed by atoms with Crippen LogP contribution in [-0.4, -0.2) is 47.0 Å². The van der Waals surface area contributed by atoms with Gasteiger partial charge in [0.1, 0.15) is 17.9 Å². The second-order valence-electron chi connectivity index (χ2n) is 5.39. The number of carbonyl (C=O) groups is 1. The van der Waals surface area contributed by atoms with E-state index in [4.69, 9.17) is 4.74 Å². The van der Waals surface area contributed by atoms with Gasteiger partial charge < -0.3 is 14.5 Å². The highest BCUT2D eigenvalue weighted by Crippen LogP contribution is 2.24. The number of rotatable bonds is 3. The Balaban J connectivity index is 1.70. The normalized spacial score (nSPS) is 14.6. The van der Waals surface area contributed by atoms with Crippen LogP contribution in [0.15, 0.2) is 30.6 Å². The Morgan fingerprint density at radius 3 is 2.50 bits per heavy atom. The summed E-state index contributed by atoms with van der Waals surface area (Å²) in [4.78, 5) is 23.3. The summed E-state index contributed by atoms with van der Waals surface area (Å²) in [5.41, 5.74) is 0. The number of halogens is 2. The van der Waals surface area contributed by atoms with Gasteiger partial charge in [0.05, 0.1) is 0 Å². The third-order valence-corrected chi connectivity index (χ3v) is 3.79. The molecule has 1 saturated heterocycles. The summed E-state index contributed by atoms with van der Waals surface area (Å²) in [5, 5.41) is 0. The molecule has 0 spiro atoms. The van der Waals surface area contributed by atoms with Crippen molar-refractivity contribution in [2.24, 2.45) is 0 Å². The first kappa shape index (κ1) is 16.1. The van der Waals surface area contributed by atoms with Crippen molar-refractivity contribution in [3.63, 3.8) is 0 Å². The maximum absolute atomic E-state index is 13.2. The second-order valence-corrected chi connectivity index (χ2v) is 5.39. The average Bonchev–Trinajstić information content (AvgIpc) is 2.58. The average molecular weight is 334 g/mol. The number of hydrogen-bond donors (Lipinski definition) is 0. The van der Waals surface area contributed by atoms with Crippen LogP contribution in [0, 0.1) is 11.6 Å². The fourth-order valence-electron chi connectivity index (χ4n) is 2.47. The molecule has 0 aliphatic carbocycles. The van der Waals surface area contributed by atoms with Crippen molar-refractivity contribution in [1.29, 1.82) is 0 Å². The fraction of sp³-hybridized carbons (Fsp3) is 0.312. The van der Waals surface area contributed by atoms with E-state index in [9.17, 15) is 13.6 Å². The highest BCUT2D eigenvalue weighted by atomic mass is 19.2. The van der Waals surface area contributed by atoms with Crippen LogP contribution in [0.3, 0.4) is 0 Å². The molecule has 1 fully saturated rings. The minimum Gasteiger partial charge on any atom is -0.439 e. The number of aromatic nitrogens is 2. The topological polar surface area (TPSA) is 58.6 Å². The zero-order valence-corrected chi connectivity index (χ0v) is 13.1. The summed E-state index contributed by atoms with van der Waals surface area (Å²) in [6.07, 6.45) is 1.35. The molecule has 0 radical (unpaired) electrons. The minimum atomic E-state index is -0.984. The largest absolute Gasteiger partial charge is 0.439 e. The van der Waals surface area contributed by atoms with Crippen LogP contribution in [0.25, 0.3) is 0 Å². The maximum atomic E-state index is 13.2. The van der Waals surface area contributed by atoms with Crippen molar-refractivity contribution in [2.45, 2.75) is 6.92 Å². The summed E-state index contributed by atoms with van der Waals surface area (Å²) in [5.74, 6) is -0.818. The monoisotopic (exact) mass is 334 g/mol. The molecule has 6 nitrogen and oxygen atoms in total. The molecule has 3 rings (SSSR count). The van der Waals surface area contributed by atoms with E-state index in [1.54, 1.807) is 17.9 Å². The number of piperazine rings is 1. The van der Waals surface area contributed by atoms with E-state index in [0.29, 0.717) is 32.0 Å². The van der Waals surface area contributed by atoms with Crippen LogP contribution in [-0.2, 0) is 4.79 Å². The second kappa shape index (κ2) is 6.77. The quantitative estimate of drug-likeness (QED) is 0.861. The minimum absolute atomic E-state index is 0.0553. The molecule has 0 saturated carbocycles. The van der Waals surface area contributed by atoms with Gasteiger partial charge in [0.15, 0.2) is 11.6 Å². The highest BCUT2D eigenvalue weighted by molar-refractivity contribution is 5.73. The third kappa shape index (κ3) is 3.58. The van der Waals surface area contributed by atoms with E-state index in [2.05, 4.69) is 9.97 Å². The summed E-state index contributed by atoms with van der Waals surface area (Å²) >= 11 is 0. The van der Waals surface area contributed by atoms with Crippen molar-refractivity contribution in [2.75, 3.05) is 31.1 Å². The predicted octanol–water partition coefficient (Wildman–Crippen LogP) is 2.22. The Morgan fingerprint density at radius 2 is 1.83 bits per heavy atom. The first-order valence-corrected chi connectivity index (χ1v) is 7.48. The lowest BCUT2D eigenvalue weighted by Crippen LogP contribution is -2.48. The Labute approximate surface area is 137 Å². The van der Waals surface area contributed by atoms with Crippen molar-refractivity contribution in [3.05, 3.63) is 42.2 Å². The van der Waals surface area contributed by atoms with Gasteiger partial charge >= 0.3 is 0 Å². The lowest BCUT2D eigenvalue weighted by atomic mass is 10.3. The van der Waals surface area contributed by atoms with E-state index in [1.165, 1.54) is 12.4 Å². The van der Waals surface area contributed by atoms with Crippen LogP contribution >= 0.6 is 0 Å². The van der Waals surface area contributed by atoms with E-state index < -0.39 is 11.6 Å². The van der Waals surface area contributed by atoms with Crippen LogP contribution < -0.4 is 9.64 Å². The molecule has 1 aliphatic heterocycles. The summed E-state index contributed by atoms with van der Waals surface area (Å²) in [6.45, 7) is 4.11. The van der Waals surface area contributed by atoms with E-state index in [0.717, 1.165) is 12.1 Å². The Bertz CT molecular complexity index is 749. The van der Waals surface area contributed by atoms with Crippen LogP contribution in [0.5, 0.6) is 11.6 Å². The molecule has 2 heterocycles. The maximum Gasteiger partial charge on any atom is 0.224 e. The van der Waals surface area contributed by atoms with Crippen LogP contribution in [0.4, 0.5) is 14.6 Å².